The highest BCUT2D eigenvalue weighted by atomic mass is 16.5. The van der Waals surface area contributed by atoms with Crippen LogP contribution in [0.25, 0.3) is 0 Å². The van der Waals surface area contributed by atoms with Crippen molar-refractivity contribution in [3.63, 3.8) is 0 Å². The smallest absolute Gasteiger partial charge is 0.222 e. The van der Waals surface area contributed by atoms with Crippen molar-refractivity contribution in [2.45, 2.75) is 20.3 Å². The van der Waals surface area contributed by atoms with E-state index in [0.717, 1.165) is 6.42 Å². The first-order chi connectivity index (χ1) is 5.22. The Bertz CT molecular complexity index is 120. The van der Waals surface area contributed by atoms with Crippen LogP contribution in [-0.4, -0.2) is 26.2 Å². The normalized spacial score (nSPS) is 12.6. The molecule has 68 valence electrons. The van der Waals surface area contributed by atoms with E-state index in [2.05, 4.69) is 5.32 Å². The lowest BCUT2D eigenvalue weighted by Crippen LogP contribution is -2.31. The molecule has 1 unspecified atom stereocenters. The predicted molar refractivity (Wildman–Crippen MR) is 46.5 cm³/mol. The van der Waals surface area contributed by atoms with Crippen LogP contribution >= 0.6 is 0 Å². The largest absolute Gasteiger partial charge is 0.383 e. The van der Waals surface area contributed by atoms with Gasteiger partial charge in [0.2, 0.25) is 5.91 Å². The van der Waals surface area contributed by atoms with Gasteiger partial charge in [-0.2, -0.15) is 0 Å². The molecule has 1 N–H and O–H groups in total. The maximum atomic E-state index is 11.1. The number of hydrogen-bond donors (Lipinski definition) is 1. The van der Waals surface area contributed by atoms with Crippen molar-refractivity contribution in [2.24, 2.45) is 5.92 Å². The van der Waals surface area contributed by atoms with E-state index in [1.54, 1.807) is 7.11 Å². The molecule has 0 aromatic heterocycles. The van der Waals surface area contributed by atoms with Gasteiger partial charge in [-0.15, -0.1) is 0 Å². The Morgan fingerprint density at radius 1 is 1.73 bits per heavy atom. The van der Waals surface area contributed by atoms with Gasteiger partial charge in [0.25, 0.3) is 0 Å². The van der Waals surface area contributed by atoms with Gasteiger partial charge < -0.3 is 10.1 Å². The summed E-state index contributed by atoms with van der Waals surface area (Å²) in [4.78, 5) is 11.1. The summed E-state index contributed by atoms with van der Waals surface area (Å²) in [6.45, 7) is 5.12. The number of nitrogens with one attached hydrogen (secondary N) is 1. The highest BCUT2D eigenvalue weighted by Gasteiger charge is 2.08. The van der Waals surface area contributed by atoms with Crippen LogP contribution in [0.4, 0.5) is 0 Å². The Morgan fingerprint density at radius 3 is 2.82 bits per heavy atom. The summed E-state index contributed by atoms with van der Waals surface area (Å²) in [5, 5.41) is 2.77. The summed E-state index contributed by atoms with van der Waals surface area (Å²) in [6.07, 6.45) is 0.888. The van der Waals surface area contributed by atoms with Crippen molar-refractivity contribution in [3.8, 4) is 0 Å². The van der Waals surface area contributed by atoms with Crippen LogP contribution < -0.4 is 5.32 Å². The van der Waals surface area contributed by atoms with E-state index in [9.17, 15) is 4.79 Å². The molecule has 0 fully saturated rings. The number of amides is 1. The van der Waals surface area contributed by atoms with E-state index < -0.39 is 0 Å². The SMILES string of the molecule is CCC(C)C(=O)NCCOC.[HH]. The van der Waals surface area contributed by atoms with Crippen molar-refractivity contribution >= 4 is 5.91 Å². The Morgan fingerprint density at radius 2 is 2.36 bits per heavy atom. The van der Waals surface area contributed by atoms with Crippen LogP contribution in [-0.2, 0) is 9.53 Å². The summed E-state index contributed by atoms with van der Waals surface area (Å²) < 4.78 is 4.79. The lowest BCUT2D eigenvalue weighted by molar-refractivity contribution is -0.124. The van der Waals surface area contributed by atoms with Gasteiger partial charge in [0.05, 0.1) is 6.61 Å². The minimum absolute atomic E-state index is 0. The van der Waals surface area contributed by atoms with Crippen molar-refractivity contribution in [1.82, 2.24) is 5.32 Å². The molecule has 0 aromatic rings. The highest BCUT2D eigenvalue weighted by Crippen LogP contribution is 1.98. The van der Waals surface area contributed by atoms with Crippen LogP contribution in [0, 0.1) is 5.92 Å². The molecule has 0 radical (unpaired) electrons. The average molecular weight is 161 g/mol. The molecule has 3 heteroatoms. The second kappa shape index (κ2) is 6.16. The molecular weight excluding hydrogens is 142 g/mol. The molecule has 0 rings (SSSR count). The first kappa shape index (κ1) is 10.4. The van der Waals surface area contributed by atoms with Gasteiger partial charge in [0.1, 0.15) is 0 Å². The quantitative estimate of drug-likeness (QED) is 0.612. The zero-order valence-electron chi connectivity index (χ0n) is 7.52. The topological polar surface area (TPSA) is 38.3 Å². The molecular formula is C8H19NO2. The number of carbonyl (C=O) groups is 1. The van der Waals surface area contributed by atoms with Crippen molar-refractivity contribution in [2.75, 3.05) is 20.3 Å². The first-order valence-corrected chi connectivity index (χ1v) is 3.99. The Labute approximate surface area is 69.6 Å². The standard InChI is InChI=1S/C8H17NO2.H2/c1-4-7(2)8(10)9-5-6-11-3;/h7H,4-6H2,1-3H3,(H,9,10);1H. The average Bonchev–Trinajstić information content (AvgIpc) is 2.03. The fourth-order valence-electron chi connectivity index (χ4n) is 0.636. The molecule has 0 saturated heterocycles. The van der Waals surface area contributed by atoms with E-state index >= 15 is 0 Å². The van der Waals surface area contributed by atoms with Gasteiger partial charge in [0, 0.05) is 21.0 Å². The number of rotatable bonds is 5. The summed E-state index contributed by atoms with van der Waals surface area (Å²) in [5.74, 6) is 0.233. The molecule has 0 aliphatic rings. The molecule has 0 bridgehead atoms. The number of carbonyl (C=O) groups excluding carboxylic acids is 1. The van der Waals surface area contributed by atoms with Gasteiger partial charge in [-0.05, 0) is 6.42 Å². The van der Waals surface area contributed by atoms with Crippen molar-refractivity contribution in [1.29, 1.82) is 0 Å². The van der Waals surface area contributed by atoms with Gasteiger partial charge in [-0.25, -0.2) is 0 Å². The van der Waals surface area contributed by atoms with E-state index in [4.69, 9.17) is 4.74 Å². The van der Waals surface area contributed by atoms with Crippen LogP contribution in [0.2, 0.25) is 0 Å². The monoisotopic (exact) mass is 161 g/mol. The van der Waals surface area contributed by atoms with Crippen LogP contribution in [0.15, 0.2) is 0 Å². The molecule has 0 aromatic carbocycles. The predicted octanol–water partition coefficient (Wildman–Crippen LogP) is 1.04. The zero-order chi connectivity index (χ0) is 8.69. The number of ether oxygens (including phenoxy) is 1. The molecule has 0 spiro atoms. The van der Waals surface area contributed by atoms with E-state index in [1.165, 1.54) is 0 Å². The second-order valence-corrected chi connectivity index (χ2v) is 2.59. The summed E-state index contributed by atoms with van der Waals surface area (Å²) in [6, 6.07) is 0. The Kier molecular flexibility index (Phi) is 5.84. The summed E-state index contributed by atoms with van der Waals surface area (Å²) >= 11 is 0. The molecule has 0 aliphatic heterocycles. The van der Waals surface area contributed by atoms with Gasteiger partial charge in [-0.3, -0.25) is 4.79 Å². The fourth-order valence-corrected chi connectivity index (χ4v) is 0.636. The first-order valence-electron chi connectivity index (χ1n) is 3.99. The maximum Gasteiger partial charge on any atom is 0.222 e. The molecule has 3 nitrogen and oxygen atoms in total. The summed E-state index contributed by atoms with van der Waals surface area (Å²) in [7, 11) is 1.62. The lowest BCUT2D eigenvalue weighted by atomic mass is 10.1. The Hall–Kier alpha value is -0.570. The maximum absolute atomic E-state index is 11.1. The number of hydrogen-bond acceptors (Lipinski definition) is 2. The van der Waals surface area contributed by atoms with E-state index in [1.807, 2.05) is 13.8 Å². The van der Waals surface area contributed by atoms with Crippen LogP contribution in [0.3, 0.4) is 0 Å². The summed E-state index contributed by atoms with van der Waals surface area (Å²) in [5.41, 5.74) is 0. The third-order valence-corrected chi connectivity index (χ3v) is 1.67. The minimum atomic E-state index is 0. The molecule has 1 atom stereocenters. The third-order valence-electron chi connectivity index (χ3n) is 1.67. The minimum Gasteiger partial charge on any atom is -0.383 e. The van der Waals surface area contributed by atoms with Crippen molar-refractivity contribution in [3.05, 3.63) is 0 Å². The molecule has 11 heavy (non-hydrogen) atoms. The molecule has 0 heterocycles. The zero-order valence-corrected chi connectivity index (χ0v) is 7.52. The lowest BCUT2D eigenvalue weighted by Gasteiger charge is -2.08. The molecule has 1 amide bonds. The van der Waals surface area contributed by atoms with E-state index in [0.29, 0.717) is 13.2 Å². The number of methoxy groups -OCH3 is 1. The highest BCUT2D eigenvalue weighted by molar-refractivity contribution is 5.78. The molecule has 0 aliphatic carbocycles. The van der Waals surface area contributed by atoms with E-state index in [-0.39, 0.29) is 13.3 Å². The van der Waals surface area contributed by atoms with Crippen LogP contribution in [0.5, 0.6) is 0 Å². The molecule has 0 saturated carbocycles. The van der Waals surface area contributed by atoms with Gasteiger partial charge >= 0.3 is 0 Å². The third kappa shape index (κ3) is 4.79. The Balaban J connectivity index is 0. The second-order valence-electron chi connectivity index (χ2n) is 2.59. The van der Waals surface area contributed by atoms with Crippen LogP contribution in [0.1, 0.15) is 21.7 Å². The van der Waals surface area contributed by atoms with Gasteiger partial charge in [0.15, 0.2) is 0 Å². The fraction of sp³-hybridized carbons (Fsp3) is 0.875. The van der Waals surface area contributed by atoms with Crippen molar-refractivity contribution < 1.29 is 11.0 Å². The van der Waals surface area contributed by atoms with Gasteiger partial charge in [-0.1, -0.05) is 13.8 Å².